The van der Waals surface area contributed by atoms with E-state index in [9.17, 15) is 14.9 Å². The summed E-state index contributed by atoms with van der Waals surface area (Å²) in [6.07, 6.45) is 0. The fourth-order valence-corrected chi connectivity index (χ4v) is 4.19. The first kappa shape index (κ1) is 16.5. The van der Waals surface area contributed by atoms with Crippen molar-refractivity contribution < 1.29 is 14.3 Å². The van der Waals surface area contributed by atoms with Crippen molar-refractivity contribution in [1.29, 1.82) is 5.26 Å². The Morgan fingerprint density at radius 2 is 2.04 bits per heavy atom. The molecular formula is C18H15ClN4O3. The van der Waals surface area contributed by atoms with E-state index < -0.39 is 22.9 Å². The Hall–Kier alpha value is -2.98. The maximum atomic E-state index is 13.4. The van der Waals surface area contributed by atoms with Crippen LogP contribution in [0.25, 0.3) is 0 Å². The van der Waals surface area contributed by atoms with Crippen LogP contribution in [0.1, 0.15) is 19.4 Å². The minimum Gasteiger partial charge on any atom is -0.450 e. The number of hydrogen-bond donors (Lipinski definition) is 2. The van der Waals surface area contributed by atoms with Crippen LogP contribution in [0.4, 0.5) is 5.69 Å². The first-order valence-corrected chi connectivity index (χ1v) is 8.28. The minimum absolute atomic E-state index is 0.0206. The summed E-state index contributed by atoms with van der Waals surface area (Å²) in [5.74, 6) is -1.09. The highest BCUT2D eigenvalue weighted by Crippen LogP contribution is 2.56. The van der Waals surface area contributed by atoms with E-state index in [1.165, 1.54) is 4.90 Å². The molecule has 3 aliphatic heterocycles. The predicted octanol–water partition coefficient (Wildman–Crippen LogP) is 1.44. The average molecular weight is 371 g/mol. The molecule has 0 saturated heterocycles. The summed E-state index contributed by atoms with van der Waals surface area (Å²) < 4.78 is 5.48. The fourth-order valence-electron chi connectivity index (χ4n) is 4.02. The number of esters is 1. The number of amides is 1. The number of ether oxygens (including phenoxy) is 1. The lowest BCUT2D eigenvalue weighted by Crippen LogP contribution is -2.49. The number of likely N-dealkylation sites (N-methyl/N-ethyl adjacent to an activating group) is 1. The Balaban J connectivity index is 2.18. The number of dihydropyridines is 1. The van der Waals surface area contributed by atoms with Gasteiger partial charge in [-0.15, -0.1) is 0 Å². The van der Waals surface area contributed by atoms with Crippen LogP contribution in [0, 0.1) is 11.3 Å². The van der Waals surface area contributed by atoms with Crippen LogP contribution in [0.5, 0.6) is 0 Å². The van der Waals surface area contributed by atoms with Crippen LogP contribution < -0.4 is 16.0 Å². The molecule has 8 heteroatoms. The molecule has 0 fully saturated rings. The average Bonchev–Trinajstić information content (AvgIpc) is 2.91. The number of nitrogens with one attached hydrogen (secondary N) is 1. The quantitative estimate of drug-likeness (QED) is 0.669. The van der Waals surface area contributed by atoms with Gasteiger partial charge < -0.3 is 20.7 Å². The molecule has 0 bridgehead atoms. The molecule has 1 amide bonds. The van der Waals surface area contributed by atoms with Gasteiger partial charge in [0.1, 0.15) is 22.9 Å². The van der Waals surface area contributed by atoms with Crippen molar-refractivity contribution in [3.05, 3.63) is 51.4 Å². The fraction of sp³-hybridized carbons (Fsp3) is 0.278. The number of nitrogens with zero attached hydrogens (tertiary/aromatic N) is 2. The molecule has 1 atom stereocenters. The highest BCUT2D eigenvalue weighted by Gasteiger charge is 2.64. The monoisotopic (exact) mass is 370 g/mol. The predicted molar refractivity (Wildman–Crippen MR) is 93.7 cm³/mol. The Bertz CT molecular complexity index is 1020. The minimum atomic E-state index is -1.67. The van der Waals surface area contributed by atoms with E-state index in [4.69, 9.17) is 22.1 Å². The third-order valence-corrected chi connectivity index (χ3v) is 5.38. The molecule has 1 aromatic carbocycles. The van der Waals surface area contributed by atoms with E-state index in [0.717, 1.165) is 0 Å². The first-order valence-electron chi connectivity index (χ1n) is 7.90. The van der Waals surface area contributed by atoms with Gasteiger partial charge in [0.05, 0.1) is 16.8 Å². The van der Waals surface area contributed by atoms with Crippen molar-refractivity contribution in [3.63, 3.8) is 0 Å². The molecule has 132 valence electrons. The van der Waals surface area contributed by atoms with Crippen molar-refractivity contribution in [3.8, 4) is 6.07 Å². The molecule has 0 saturated carbocycles. The molecule has 1 aromatic rings. The van der Waals surface area contributed by atoms with Gasteiger partial charge in [0, 0.05) is 23.3 Å². The zero-order valence-electron chi connectivity index (χ0n) is 14.3. The van der Waals surface area contributed by atoms with Crippen molar-refractivity contribution in [2.24, 2.45) is 5.73 Å². The van der Waals surface area contributed by atoms with Crippen LogP contribution in [0.3, 0.4) is 0 Å². The number of benzene rings is 1. The zero-order valence-corrected chi connectivity index (χ0v) is 15.1. The number of hydrogen-bond acceptors (Lipinski definition) is 6. The lowest BCUT2D eigenvalue weighted by atomic mass is 9.67. The maximum absolute atomic E-state index is 13.4. The number of carbonyl (C=O) groups excluding carboxylic acids is 2. The zero-order chi connectivity index (χ0) is 19.0. The Labute approximate surface area is 154 Å². The van der Waals surface area contributed by atoms with E-state index in [0.29, 0.717) is 22.0 Å². The number of fused-ring (bicyclic) bond motifs is 3. The third-order valence-electron chi connectivity index (χ3n) is 5.14. The molecule has 3 N–H and O–H groups in total. The number of anilines is 1. The summed E-state index contributed by atoms with van der Waals surface area (Å²) >= 11 is 6.18. The lowest BCUT2D eigenvalue weighted by molar-refractivity contribution is -0.145. The number of nitrogens with two attached hydrogens (primary N) is 1. The molecule has 3 heterocycles. The van der Waals surface area contributed by atoms with E-state index >= 15 is 0 Å². The number of halogens is 1. The Morgan fingerprint density at radius 1 is 1.35 bits per heavy atom. The molecule has 1 unspecified atom stereocenters. The summed E-state index contributed by atoms with van der Waals surface area (Å²) in [5.41, 5.74) is 4.87. The van der Waals surface area contributed by atoms with Gasteiger partial charge in [0.2, 0.25) is 5.91 Å². The van der Waals surface area contributed by atoms with Crippen molar-refractivity contribution in [2.45, 2.75) is 24.9 Å². The van der Waals surface area contributed by atoms with Crippen molar-refractivity contribution in [2.75, 3.05) is 11.9 Å². The highest BCUT2D eigenvalue weighted by atomic mass is 35.5. The van der Waals surface area contributed by atoms with Crippen LogP contribution in [0.15, 0.2) is 40.9 Å². The molecule has 0 radical (unpaired) electrons. The second kappa shape index (κ2) is 4.80. The van der Waals surface area contributed by atoms with Gasteiger partial charge in [-0.05, 0) is 32.0 Å². The molecule has 0 aromatic heterocycles. The molecule has 26 heavy (non-hydrogen) atoms. The van der Waals surface area contributed by atoms with E-state index in [2.05, 4.69) is 5.32 Å². The topological polar surface area (TPSA) is 108 Å². The summed E-state index contributed by atoms with van der Waals surface area (Å²) in [6.45, 7) is 3.39. The Morgan fingerprint density at radius 3 is 2.69 bits per heavy atom. The third kappa shape index (κ3) is 1.67. The van der Waals surface area contributed by atoms with Gasteiger partial charge in [-0.25, -0.2) is 4.79 Å². The Kier molecular flexibility index (Phi) is 3.04. The van der Waals surface area contributed by atoms with Crippen LogP contribution in [-0.2, 0) is 19.7 Å². The molecule has 7 nitrogen and oxygen atoms in total. The number of rotatable bonds is 0. The molecule has 1 spiro atoms. The first-order chi connectivity index (χ1) is 12.2. The van der Waals surface area contributed by atoms with Gasteiger partial charge in [-0.2, -0.15) is 5.26 Å². The standard InChI is InChI=1S/C18H15ClN4O3/c1-17(2)13-12(15(24)26-17)18(10(7-20)14(21)22-13)9-6-8(19)4-5-11(9)23(3)16(18)25/h4-6,22H,21H2,1-3H3. The molecule has 3 aliphatic rings. The van der Waals surface area contributed by atoms with Gasteiger partial charge >= 0.3 is 5.97 Å². The van der Waals surface area contributed by atoms with Gasteiger partial charge in [-0.3, -0.25) is 4.79 Å². The van der Waals surface area contributed by atoms with Gasteiger partial charge in [0.25, 0.3) is 0 Å². The number of cyclic esters (lactones) is 1. The lowest BCUT2D eigenvalue weighted by Gasteiger charge is -2.34. The highest BCUT2D eigenvalue weighted by molar-refractivity contribution is 6.31. The number of carbonyl (C=O) groups is 2. The molecular weight excluding hydrogens is 356 g/mol. The van der Waals surface area contributed by atoms with E-state index in [-0.39, 0.29) is 17.0 Å². The normalized spacial score (nSPS) is 25.9. The van der Waals surface area contributed by atoms with E-state index in [1.54, 1.807) is 39.1 Å². The van der Waals surface area contributed by atoms with Crippen LogP contribution >= 0.6 is 11.6 Å². The molecule has 4 rings (SSSR count). The number of nitriles is 1. The van der Waals surface area contributed by atoms with Crippen LogP contribution in [-0.4, -0.2) is 24.5 Å². The summed E-state index contributed by atoms with van der Waals surface area (Å²) in [4.78, 5) is 27.6. The second-order valence-electron chi connectivity index (χ2n) is 6.95. The SMILES string of the molecule is CN1C(=O)C2(C(C#N)=C(N)NC3=C2C(=O)OC3(C)C)c2cc(Cl)ccc21. The second-order valence-corrected chi connectivity index (χ2v) is 7.39. The van der Waals surface area contributed by atoms with Crippen molar-refractivity contribution >= 4 is 29.2 Å². The van der Waals surface area contributed by atoms with E-state index in [1.807, 2.05) is 6.07 Å². The molecule has 0 aliphatic carbocycles. The van der Waals surface area contributed by atoms with Crippen LogP contribution in [0.2, 0.25) is 5.02 Å². The maximum Gasteiger partial charge on any atom is 0.338 e. The smallest absolute Gasteiger partial charge is 0.338 e. The summed E-state index contributed by atoms with van der Waals surface area (Å²) in [7, 11) is 1.59. The largest absolute Gasteiger partial charge is 0.450 e. The van der Waals surface area contributed by atoms with Gasteiger partial charge in [0.15, 0.2) is 0 Å². The summed E-state index contributed by atoms with van der Waals surface area (Å²) in [5, 5.41) is 13.1. The van der Waals surface area contributed by atoms with Gasteiger partial charge in [-0.1, -0.05) is 11.6 Å². The van der Waals surface area contributed by atoms with Crippen molar-refractivity contribution in [1.82, 2.24) is 5.32 Å². The summed E-state index contributed by atoms with van der Waals surface area (Å²) in [6, 6.07) is 6.94.